The van der Waals surface area contributed by atoms with Gasteiger partial charge in [0.1, 0.15) is 6.61 Å². The van der Waals surface area contributed by atoms with Crippen molar-refractivity contribution in [2.24, 2.45) is 0 Å². The Balaban J connectivity index is 2.38. The SMILES string of the molecule is c1nc2cc3c(cc2s1)COO3. The van der Waals surface area contributed by atoms with E-state index in [-0.39, 0.29) is 0 Å². The molecule has 1 aliphatic heterocycles. The summed E-state index contributed by atoms with van der Waals surface area (Å²) in [6, 6.07) is 3.98. The molecule has 0 saturated carbocycles. The quantitative estimate of drug-likeness (QED) is 0.580. The molecule has 0 unspecified atom stereocenters. The van der Waals surface area contributed by atoms with Crippen LogP contribution in [-0.4, -0.2) is 4.98 Å². The maximum Gasteiger partial charge on any atom is 0.173 e. The van der Waals surface area contributed by atoms with Crippen LogP contribution in [0.5, 0.6) is 5.75 Å². The minimum Gasteiger partial charge on any atom is -0.337 e. The molecule has 1 aromatic carbocycles. The lowest BCUT2D eigenvalue weighted by Crippen LogP contribution is -1.81. The highest BCUT2D eigenvalue weighted by Gasteiger charge is 2.15. The van der Waals surface area contributed by atoms with E-state index in [9.17, 15) is 0 Å². The van der Waals surface area contributed by atoms with Gasteiger partial charge in [-0.3, -0.25) is 0 Å². The molecule has 0 fully saturated rings. The predicted molar refractivity (Wildman–Crippen MR) is 45.0 cm³/mol. The summed E-state index contributed by atoms with van der Waals surface area (Å²) in [6.45, 7) is 0.545. The zero-order valence-electron chi connectivity index (χ0n) is 6.11. The van der Waals surface area contributed by atoms with Gasteiger partial charge < -0.3 is 4.89 Å². The van der Waals surface area contributed by atoms with Gasteiger partial charge >= 0.3 is 0 Å². The van der Waals surface area contributed by atoms with Crippen molar-refractivity contribution in [3.63, 3.8) is 0 Å². The number of thiazole rings is 1. The number of fused-ring (bicyclic) bond motifs is 2. The van der Waals surface area contributed by atoms with Crippen LogP contribution >= 0.6 is 11.3 Å². The van der Waals surface area contributed by atoms with Crippen LogP contribution in [0.3, 0.4) is 0 Å². The minimum absolute atomic E-state index is 0.545. The molecule has 3 nitrogen and oxygen atoms in total. The summed E-state index contributed by atoms with van der Waals surface area (Å²) in [5.74, 6) is 0.799. The summed E-state index contributed by atoms with van der Waals surface area (Å²) >= 11 is 1.63. The first-order valence-electron chi connectivity index (χ1n) is 3.59. The van der Waals surface area contributed by atoms with E-state index in [2.05, 4.69) is 11.1 Å². The van der Waals surface area contributed by atoms with Gasteiger partial charge in [0, 0.05) is 11.6 Å². The third-order valence-electron chi connectivity index (χ3n) is 1.88. The number of benzene rings is 1. The average Bonchev–Trinajstić information content (AvgIpc) is 2.64. The van der Waals surface area contributed by atoms with Gasteiger partial charge in [-0.15, -0.1) is 11.3 Å². The first-order valence-corrected chi connectivity index (χ1v) is 4.47. The van der Waals surface area contributed by atoms with E-state index in [0.29, 0.717) is 6.61 Å². The molecular formula is C8H5NO2S. The van der Waals surface area contributed by atoms with E-state index >= 15 is 0 Å². The lowest BCUT2D eigenvalue weighted by molar-refractivity contribution is -0.194. The van der Waals surface area contributed by atoms with Gasteiger partial charge in [0.05, 0.1) is 15.7 Å². The summed E-state index contributed by atoms with van der Waals surface area (Å²) in [6.07, 6.45) is 0. The third kappa shape index (κ3) is 0.761. The van der Waals surface area contributed by atoms with Gasteiger partial charge in [0.15, 0.2) is 5.75 Å². The van der Waals surface area contributed by atoms with Crippen molar-refractivity contribution in [2.45, 2.75) is 6.61 Å². The predicted octanol–water partition coefficient (Wildman–Crippen LogP) is 2.12. The van der Waals surface area contributed by atoms with E-state index < -0.39 is 0 Å². The van der Waals surface area contributed by atoms with Crippen LogP contribution in [0.25, 0.3) is 10.2 Å². The molecule has 0 N–H and O–H groups in total. The Morgan fingerprint density at radius 1 is 1.42 bits per heavy atom. The topological polar surface area (TPSA) is 31.4 Å². The molecule has 0 radical (unpaired) electrons. The first-order chi connectivity index (χ1) is 5.93. The standard InChI is InChI=1S/C8H5NO2S/c1-5-3-10-11-7(5)2-6-8(1)12-4-9-6/h1-2,4H,3H2. The van der Waals surface area contributed by atoms with Crippen LogP contribution in [0.15, 0.2) is 17.6 Å². The third-order valence-corrected chi connectivity index (χ3v) is 2.67. The smallest absolute Gasteiger partial charge is 0.173 e. The van der Waals surface area contributed by atoms with E-state index in [1.807, 2.05) is 11.6 Å². The average molecular weight is 179 g/mol. The van der Waals surface area contributed by atoms with E-state index in [0.717, 1.165) is 16.8 Å². The van der Waals surface area contributed by atoms with E-state index in [1.165, 1.54) is 4.70 Å². The van der Waals surface area contributed by atoms with Crippen molar-refractivity contribution in [3.8, 4) is 5.75 Å². The number of rotatable bonds is 0. The molecule has 60 valence electrons. The number of nitrogens with zero attached hydrogens (tertiary/aromatic N) is 1. The molecule has 3 rings (SSSR count). The maximum atomic E-state index is 4.94. The Hall–Kier alpha value is -1.13. The van der Waals surface area contributed by atoms with Gasteiger partial charge in [0.2, 0.25) is 0 Å². The Bertz CT molecular complexity index is 400. The molecule has 2 heterocycles. The van der Waals surface area contributed by atoms with Crippen molar-refractivity contribution in [2.75, 3.05) is 0 Å². The monoisotopic (exact) mass is 179 g/mol. The number of hydrogen-bond acceptors (Lipinski definition) is 4. The maximum absolute atomic E-state index is 4.94. The second kappa shape index (κ2) is 2.18. The number of aromatic nitrogens is 1. The first kappa shape index (κ1) is 6.39. The van der Waals surface area contributed by atoms with Crippen molar-refractivity contribution in [3.05, 3.63) is 23.2 Å². The number of hydrogen-bond donors (Lipinski definition) is 0. The van der Waals surface area contributed by atoms with Crippen LogP contribution in [0, 0.1) is 0 Å². The zero-order chi connectivity index (χ0) is 7.97. The van der Waals surface area contributed by atoms with Crippen LogP contribution in [-0.2, 0) is 11.5 Å². The molecular weight excluding hydrogens is 174 g/mol. The molecule has 4 heteroatoms. The Labute approximate surface area is 72.5 Å². The molecule has 0 spiro atoms. The second-order valence-corrected chi connectivity index (χ2v) is 3.51. The fraction of sp³-hybridized carbons (Fsp3) is 0.125. The van der Waals surface area contributed by atoms with Gasteiger partial charge in [-0.2, -0.15) is 4.89 Å². The highest BCUT2D eigenvalue weighted by molar-refractivity contribution is 7.16. The largest absolute Gasteiger partial charge is 0.337 e. The lowest BCUT2D eigenvalue weighted by atomic mass is 10.2. The lowest BCUT2D eigenvalue weighted by Gasteiger charge is -1.92. The van der Waals surface area contributed by atoms with Crippen LogP contribution < -0.4 is 4.89 Å². The van der Waals surface area contributed by atoms with Crippen molar-refractivity contribution in [1.82, 2.24) is 4.98 Å². The van der Waals surface area contributed by atoms with Gasteiger partial charge in [0.25, 0.3) is 0 Å². The summed E-state index contributed by atoms with van der Waals surface area (Å²) in [4.78, 5) is 14.0. The summed E-state index contributed by atoms with van der Waals surface area (Å²) in [7, 11) is 0. The molecule has 0 aliphatic carbocycles. The van der Waals surface area contributed by atoms with Crippen molar-refractivity contribution in [1.29, 1.82) is 0 Å². The van der Waals surface area contributed by atoms with Crippen LogP contribution in [0.1, 0.15) is 5.56 Å². The highest BCUT2D eigenvalue weighted by Crippen LogP contribution is 2.31. The minimum atomic E-state index is 0.545. The second-order valence-electron chi connectivity index (χ2n) is 2.63. The summed E-state index contributed by atoms with van der Waals surface area (Å²) in [5, 5.41) is 0. The van der Waals surface area contributed by atoms with Gasteiger partial charge in [-0.1, -0.05) is 0 Å². The summed E-state index contributed by atoms with van der Waals surface area (Å²) < 4.78 is 1.18. The fourth-order valence-electron chi connectivity index (χ4n) is 1.27. The van der Waals surface area contributed by atoms with Crippen LogP contribution in [0.2, 0.25) is 0 Å². The van der Waals surface area contributed by atoms with Crippen molar-refractivity contribution < 1.29 is 9.78 Å². The van der Waals surface area contributed by atoms with E-state index in [1.54, 1.807) is 11.3 Å². The molecule has 0 saturated heterocycles. The van der Waals surface area contributed by atoms with Crippen LogP contribution in [0.4, 0.5) is 0 Å². The van der Waals surface area contributed by atoms with Gasteiger partial charge in [-0.05, 0) is 6.07 Å². The Kier molecular flexibility index (Phi) is 1.16. The Morgan fingerprint density at radius 3 is 3.42 bits per heavy atom. The highest BCUT2D eigenvalue weighted by atomic mass is 32.1. The Morgan fingerprint density at radius 2 is 2.42 bits per heavy atom. The molecule has 12 heavy (non-hydrogen) atoms. The zero-order valence-corrected chi connectivity index (χ0v) is 6.93. The molecule has 0 atom stereocenters. The fourth-order valence-corrected chi connectivity index (χ4v) is 2.00. The van der Waals surface area contributed by atoms with Gasteiger partial charge in [-0.25, -0.2) is 4.98 Å². The molecule has 0 bridgehead atoms. The normalized spacial score (nSPS) is 14.7. The van der Waals surface area contributed by atoms with E-state index in [4.69, 9.17) is 9.78 Å². The molecule has 0 amide bonds. The molecule has 1 aliphatic rings. The summed E-state index contributed by atoms with van der Waals surface area (Å²) in [5.41, 5.74) is 3.91. The molecule has 1 aromatic heterocycles. The van der Waals surface area contributed by atoms with Crippen molar-refractivity contribution >= 4 is 21.6 Å². The molecule has 2 aromatic rings.